The number of pyridine rings is 1. The molecular weight excluding hydrogens is 416 g/mol. The number of anilines is 2. The highest BCUT2D eigenvalue weighted by Gasteiger charge is 2.23. The third kappa shape index (κ3) is 5.07. The molecule has 2 aliphatic rings. The van der Waals surface area contributed by atoms with E-state index in [0.29, 0.717) is 6.61 Å². The van der Waals surface area contributed by atoms with E-state index in [9.17, 15) is 0 Å². The molecule has 0 aromatic carbocycles. The van der Waals surface area contributed by atoms with Crippen molar-refractivity contribution in [2.45, 2.75) is 18.9 Å². The Balaban J connectivity index is 1.02. The SMILES string of the molecule is Cn1cnc2c(N3CCC(OCC#CCN4CCN(c5ccccn5)CC4)CC3)ncnc21. The van der Waals surface area contributed by atoms with E-state index < -0.39 is 0 Å². The molecule has 2 fully saturated rings. The molecule has 9 heteroatoms. The average molecular weight is 447 g/mol. The van der Waals surface area contributed by atoms with Crippen LogP contribution in [0.4, 0.5) is 11.6 Å². The zero-order valence-corrected chi connectivity index (χ0v) is 19.1. The smallest absolute Gasteiger partial charge is 0.165 e. The van der Waals surface area contributed by atoms with E-state index in [1.807, 2.05) is 29.9 Å². The van der Waals surface area contributed by atoms with E-state index >= 15 is 0 Å². The molecule has 0 atom stereocenters. The van der Waals surface area contributed by atoms with Crippen LogP contribution in [-0.2, 0) is 11.8 Å². The molecule has 0 bridgehead atoms. The summed E-state index contributed by atoms with van der Waals surface area (Å²) in [6.45, 7) is 7.11. The second-order valence-corrected chi connectivity index (χ2v) is 8.53. The van der Waals surface area contributed by atoms with Crippen molar-refractivity contribution in [3.05, 3.63) is 37.1 Å². The van der Waals surface area contributed by atoms with Crippen molar-refractivity contribution in [3.63, 3.8) is 0 Å². The predicted molar refractivity (Wildman–Crippen MR) is 128 cm³/mol. The number of nitrogens with zero attached hydrogens (tertiary/aromatic N) is 8. The van der Waals surface area contributed by atoms with Crippen LogP contribution in [0.5, 0.6) is 0 Å². The lowest BCUT2D eigenvalue weighted by Crippen LogP contribution is -2.46. The number of ether oxygens (including phenoxy) is 1. The van der Waals surface area contributed by atoms with Gasteiger partial charge in [0.15, 0.2) is 17.0 Å². The monoisotopic (exact) mass is 446 g/mol. The summed E-state index contributed by atoms with van der Waals surface area (Å²) in [5, 5.41) is 0. The number of hydrogen-bond acceptors (Lipinski definition) is 8. The quantitative estimate of drug-likeness (QED) is 0.547. The molecule has 9 nitrogen and oxygen atoms in total. The van der Waals surface area contributed by atoms with Gasteiger partial charge in [0.2, 0.25) is 0 Å². The number of piperazine rings is 1. The summed E-state index contributed by atoms with van der Waals surface area (Å²) in [6.07, 6.45) is 7.45. The molecule has 0 unspecified atom stereocenters. The minimum atomic E-state index is 0.249. The van der Waals surface area contributed by atoms with Gasteiger partial charge in [-0.15, -0.1) is 0 Å². The topological polar surface area (TPSA) is 75.4 Å². The Labute approximate surface area is 194 Å². The third-order valence-corrected chi connectivity index (χ3v) is 6.38. The van der Waals surface area contributed by atoms with Crippen LogP contribution in [0.2, 0.25) is 0 Å². The molecule has 0 saturated carbocycles. The number of hydrogen-bond donors (Lipinski definition) is 0. The van der Waals surface area contributed by atoms with Gasteiger partial charge in [-0.1, -0.05) is 17.9 Å². The maximum atomic E-state index is 6.04. The predicted octanol–water partition coefficient (Wildman–Crippen LogP) is 1.57. The molecule has 5 heterocycles. The van der Waals surface area contributed by atoms with Crippen molar-refractivity contribution < 1.29 is 4.74 Å². The minimum Gasteiger partial charge on any atom is -0.365 e. The Kier molecular flexibility index (Phi) is 6.65. The van der Waals surface area contributed by atoms with Crippen molar-refractivity contribution in [2.75, 3.05) is 62.2 Å². The molecule has 2 saturated heterocycles. The summed E-state index contributed by atoms with van der Waals surface area (Å²) in [7, 11) is 1.95. The van der Waals surface area contributed by atoms with Gasteiger partial charge in [-0.05, 0) is 25.0 Å². The molecule has 33 heavy (non-hydrogen) atoms. The number of fused-ring (bicyclic) bond motifs is 1. The molecule has 3 aromatic rings. The first kappa shape index (κ1) is 21.6. The largest absolute Gasteiger partial charge is 0.365 e. The second-order valence-electron chi connectivity index (χ2n) is 8.53. The summed E-state index contributed by atoms with van der Waals surface area (Å²) >= 11 is 0. The van der Waals surface area contributed by atoms with E-state index in [2.05, 4.69) is 52.5 Å². The van der Waals surface area contributed by atoms with Gasteiger partial charge in [-0.2, -0.15) is 0 Å². The highest BCUT2D eigenvalue weighted by atomic mass is 16.5. The van der Waals surface area contributed by atoms with Crippen molar-refractivity contribution >= 4 is 22.8 Å². The van der Waals surface area contributed by atoms with Gasteiger partial charge in [-0.3, -0.25) is 4.90 Å². The second kappa shape index (κ2) is 10.1. The Morgan fingerprint density at radius 1 is 0.939 bits per heavy atom. The fraction of sp³-hybridized carbons (Fsp3) is 0.500. The maximum Gasteiger partial charge on any atom is 0.165 e. The molecule has 0 radical (unpaired) electrons. The summed E-state index contributed by atoms with van der Waals surface area (Å²) in [4.78, 5) is 24.8. The van der Waals surface area contributed by atoms with Gasteiger partial charge >= 0.3 is 0 Å². The summed E-state index contributed by atoms with van der Waals surface area (Å²) in [5.74, 6) is 8.47. The van der Waals surface area contributed by atoms with Gasteiger partial charge in [0.05, 0.1) is 19.0 Å². The van der Waals surface area contributed by atoms with Crippen molar-refractivity contribution in [1.82, 2.24) is 29.4 Å². The van der Waals surface area contributed by atoms with Crippen LogP contribution < -0.4 is 9.80 Å². The Bertz CT molecular complexity index is 1110. The highest BCUT2D eigenvalue weighted by Crippen LogP contribution is 2.25. The van der Waals surface area contributed by atoms with Gasteiger partial charge in [0.1, 0.15) is 18.8 Å². The van der Waals surface area contributed by atoms with E-state index in [4.69, 9.17) is 4.74 Å². The van der Waals surface area contributed by atoms with E-state index in [-0.39, 0.29) is 6.10 Å². The van der Waals surface area contributed by atoms with Gasteiger partial charge in [-0.25, -0.2) is 19.9 Å². The first-order valence-corrected chi connectivity index (χ1v) is 11.6. The van der Waals surface area contributed by atoms with Crippen LogP contribution in [0, 0.1) is 11.8 Å². The molecule has 2 aliphatic heterocycles. The lowest BCUT2D eigenvalue weighted by atomic mass is 10.1. The molecule has 5 rings (SSSR count). The van der Waals surface area contributed by atoms with Gasteiger partial charge in [0, 0.05) is 52.5 Å². The van der Waals surface area contributed by atoms with Crippen LogP contribution in [0.3, 0.4) is 0 Å². The zero-order chi connectivity index (χ0) is 22.5. The fourth-order valence-corrected chi connectivity index (χ4v) is 4.45. The van der Waals surface area contributed by atoms with Crippen LogP contribution in [0.1, 0.15) is 12.8 Å². The summed E-state index contributed by atoms with van der Waals surface area (Å²) < 4.78 is 7.96. The number of imidazole rings is 1. The highest BCUT2D eigenvalue weighted by molar-refractivity contribution is 5.83. The number of rotatable bonds is 5. The minimum absolute atomic E-state index is 0.249. The molecule has 3 aromatic heterocycles. The van der Waals surface area contributed by atoms with Crippen molar-refractivity contribution in [3.8, 4) is 11.8 Å². The molecule has 0 amide bonds. The standard InChI is InChI=1S/C24H30N8O/c1-29-19-28-22-23(29)26-18-27-24(22)32-11-7-20(8-12-32)33-17-5-4-10-30-13-15-31(16-14-30)21-6-2-3-9-25-21/h2-3,6,9,18-20H,7-8,10-17H2,1H3. The number of piperidine rings is 1. The maximum absolute atomic E-state index is 6.04. The number of aromatic nitrogens is 5. The van der Waals surface area contributed by atoms with E-state index in [1.54, 1.807) is 12.7 Å². The zero-order valence-electron chi connectivity index (χ0n) is 19.1. The van der Waals surface area contributed by atoms with Crippen LogP contribution in [-0.4, -0.2) is 87.9 Å². The van der Waals surface area contributed by atoms with Crippen LogP contribution >= 0.6 is 0 Å². The van der Waals surface area contributed by atoms with Crippen molar-refractivity contribution in [1.29, 1.82) is 0 Å². The van der Waals surface area contributed by atoms with E-state index in [1.165, 1.54) is 0 Å². The Morgan fingerprint density at radius 2 is 1.79 bits per heavy atom. The van der Waals surface area contributed by atoms with Crippen LogP contribution in [0.15, 0.2) is 37.1 Å². The third-order valence-electron chi connectivity index (χ3n) is 6.38. The normalized spacial score (nSPS) is 17.8. The Hall–Kier alpha value is -3.22. The van der Waals surface area contributed by atoms with Gasteiger partial charge in [0.25, 0.3) is 0 Å². The number of aryl methyl sites for hydroxylation is 1. The van der Waals surface area contributed by atoms with Crippen molar-refractivity contribution in [2.24, 2.45) is 7.05 Å². The first-order valence-electron chi connectivity index (χ1n) is 11.6. The Morgan fingerprint density at radius 3 is 2.58 bits per heavy atom. The summed E-state index contributed by atoms with van der Waals surface area (Å²) in [6, 6.07) is 6.07. The molecule has 0 aliphatic carbocycles. The first-order chi connectivity index (χ1) is 16.3. The molecule has 172 valence electrons. The van der Waals surface area contributed by atoms with E-state index in [0.717, 1.165) is 81.5 Å². The fourth-order valence-electron chi connectivity index (χ4n) is 4.45. The lowest BCUT2D eigenvalue weighted by molar-refractivity contribution is 0.0594. The molecule has 0 spiro atoms. The van der Waals surface area contributed by atoms with Gasteiger partial charge < -0.3 is 19.1 Å². The molecule has 0 N–H and O–H groups in total. The van der Waals surface area contributed by atoms with Crippen LogP contribution in [0.25, 0.3) is 11.2 Å². The average Bonchev–Trinajstić information content (AvgIpc) is 3.26. The lowest BCUT2D eigenvalue weighted by Gasteiger charge is -2.34. The molecular formula is C24H30N8O. The summed E-state index contributed by atoms with van der Waals surface area (Å²) in [5.41, 5.74) is 1.73.